The van der Waals surface area contributed by atoms with Crippen LogP contribution in [-0.2, 0) is 11.2 Å². The molecule has 3 heterocycles. The first-order chi connectivity index (χ1) is 16.7. The Balaban J connectivity index is 1.34. The smallest absolute Gasteiger partial charge is 0.257 e. The van der Waals surface area contributed by atoms with Crippen LogP contribution in [0.2, 0.25) is 0 Å². The Morgan fingerprint density at radius 1 is 1.06 bits per heavy atom. The molecule has 5 rings (SSSR count). The van der Waals surface area contributed by atoms with Gasteiger partial charge in [-0.1, -0.05) is 12.1 Å². The zero-order valence-electron chi connectivity index (χ0n) is 19.9. The number of aromatic nitrogens is 1. The molecule has 0 spiro atoms. The first-order valence-electron chi connectivity index (χ1n) is 12.3. The van der Waals surface area contributed by atoms with Crippen molar-refractivity contribution in [2.24, 2.45) is 5.92 Å². The third kappa shape index (κ3) is 5.02. The maximum absolute atomic E-state index is 13.7. The number of piperidine rings is 1. The molecular weight excluding hydrogens is 426 g/mol. The van der Waals surface area contributed by atoms with Gasteiger partial charge in [-0.3, -0.25) is 9.78 Å². The minimum Gasteiger partial charge on any atom is -0.496 e. The van der Waals surface area contributed by atoms with Crippen LogP contribution in [0.15, 0.2) is 54.9 Å². The van der Waals surface area contributed by atoms with Crippen molar-refractivity contribution >= 4 is 22.4 Å². The predicted molar refractivity (Wildman–Crippen MR) is 135 cm³/mol. The lowest BCUT2D eigenvalue weighted by Crippen LogP contribution is -2.37. The molecular formula is C28H33N3O3. The van der Waals surface area contributed by atoms with Crippen molar-refractivity contribution in [2.75, 3.05) is 51.4 Å². The highest BCUT2D eigenvalue weighted by Crippen LogP contribution is 2.29. The molecule has 3 aromatic rings. The zero-order chi connectivity index (χ0) is 23.3. The summed E-state index contributed by atoms with van der Waals surface area (Å²) in [5.74, 6) is 0.889. The number of anilines is 1. The topological polar surface area (TPSA) is 54.9 Å². The van der Waals surface area contributed by atoms with E-state index in [0.717, 1.165) is 30.6 Å². The van der Waals surface area contributed by atoms with Crippen molar-refractivity contribution in [3.05, 3.63) is 66.0 Å². The quantitative estimate of drug-likeness (QED) is 0.560. The molecule has 2 fully saturated rings. The predicted octanol–water partition coefficient (Wildman–Crippen LogP) is 4.57. The minimum atomic E-state index is 0.0221. The van der Waals surface area contributed by atoms with Gasteiger partial charge in [0.05, 0.1) is 25.9 Å². The van der Waals surface area contributed by atoms with Gasteiger partial charge in [0.25, 0.3) is 5.91 Å². The van der Waals surface area contributed by atoms with Crippen LogP contribution in [0.4, 0.5) is 5.69 Å². The number of nitrogens with zero attached hydrogens (tertiary/aromatic N) is 3. The molecule has 1 atom stereocenters. The first kappa shape index (κ1) is 22.7. The van der Waals surface area contributed by atoms with Gasteiger partial charge in [-0.2, -0.15) is 0 Å². The summed E-state index contributed by atoms with van der Waals surface area (Å²) < 4.78 is 11.5. The van der Waals surface area contributed by atoms with Gasteiger partial charge in [-0.15, -0.1) is 0 Å². The summed E-state index contributed by atoms with van der Waals surface area (Å²) in [5.41, 5.74) is 2.99. The molecule has 0 radical (unpaired) electrons. The molecule has 2 saturated heterocycles. The second-order valence-electron chi connectivity index (χ2n) is 9.39. The molecule has 6 heteroatoms. The van der Waals surface area contributed by atoms with Crippen LogP contribution in [0.5, 0.6) is 5.75 Å². The second kappa shape index (κ2) is 10.4. The van der Waals surface area contributed by atoms with Crippen molar-refractivity contribution in [2.45, 2.75) is 25.7 Å². The Morgan fingerprint density at radius 3 is 2.79 bits per heavy atom. The molecule has 0 saturated carbocycles. The molecule has 6 nitrogen and oxygen atoms in total. The summed E-state index contributed by atoms with van der Waals surface area (Å²) in [4.78, 5) is 22.3. The van der Waals surface area contributed by atoms with E-state index in [0.29, 0.717) is 37.6 Å². The fourth-order valence-corrected chi connectivity index (χ4v) is 5.17. The maximum atomic E-state index is 13.7. The molecule has 2 aromatic carbocycles. The number of methoxy groups -OCH3 is 1. The Hall–Kier alpha value is -3.12. The van der Waals surface area contributed by atoms with Crippen LogP contribution in [0.25, 0.3) is 10.8 Å². The van der Waals surface area contributed by atoms with Gasteiger partial charge < -0.3 is 19.3 Å². The number of hydrogen-bond acceptors (Lipinski definition) is 5. The Kier molecular flexibility index (Phi) is 6.95. The van der Waals surface area contributed by atoms with Gasteiger partial charge in [0, 0.05) is 55.6 Å². The third-order valence-electron chi connectivity index (χ3n) is 6.99. The van der Waals surface area contributed by atoms with Gasteiger partial charge in [0.2, 0.25) is 0 Å². The number of carbonyl (C=O) groups is 1. The van der Waals surface area contributed by atoms with E-state index < -0.39 is 0 Å². The lowest BCUT2D eigenvalue weighted by Gasteiger charge is -2.30. The fraction of sp³-hybridized carbons (Fsp3) is 0.429. The van der Waals surface area contributed by atoms with Crippen LogP contribution in [-0.4, -0.2) is 62.3 Å². The minimum absolute atomic E-state index is 0.0221. The van der Waals surface area contributed by atoms with E-state index in [1.807, 2.05) is 35.5 Å². The van der Waals surface area contributed by atoms with E-state index in [9.17, 15) is 4.79 Å². The highest BCUT2D eigenvalue weighted by Gasteiger charge is 2.26. The second-order valence-corrected chi connectivity index (χ2v) is 9.39. The number of hydrogen-bond donors (Lipinski definition) is 0. The van der Waals surface area contributed by atoms with Crippen LogP contribution >= 0.6 is 0 Å². The Morgan fingerprint density at radius 2 is 1.94 bits per heavy atom. The van der Waals surface area contributed by atoms with Gasteiger partial charge >= 0.3 is 0 Å². The van der Waals surface area contributed by atoms with E-state index in [1.165, 1.54) is 30.2 Å². The highest BCUT2D eigenvalue weighted by molar-refractivity contribution is 5.98. The largest absolute Gasteiger partial charge is 0.496 e. The lowest BCUT2D eigenvalue weighted by atomic mass is 9.97. The molecule has 0 bridgehead atoms. The maximum Gasteiger partial charge on any atom is 0.257 e. The number of rotatable bonds is 5. The van der Waals surface area contributed by atoms with Crippen LogP contribution < -0.4 is 9.64 Å². The summed E-state index contributed by atoms with van der Waals surface area (Å²) in [6, 6.07) is 14.6. The van der Waals surface area contributed by atoms with Gasteiger partial charge in [0.15, 0.2) is 0 Å². The molecule has 178 valence electrons. The lowest BCUT2D eigenvalue weighted by molar-refractivity contribution is 0.0734. The van der Waals surface area contributed by atoms with Crippen molar-refractivity contribution in [3.63, 3.8) is 0 Å². The van der Waals surface area contributed by atoms with Crippen LogP contribution in [0, 0.1) is 5.92 Å². The van der Waals surface area contributed by atoms with E-state index >= 15 is 0 Å². The summed E-state index contributed by atoms with van der Waals surface area (Å²) in [6.07, 6.45) is 8.26. The van der Waals surface area contributed by atoms with E-state index in [2.05, 4.69) is 34.1 Å². The van der Waals surface area contributed by atoms with Gasteiger partial charge in [0.1, 0.15) is 5.75 Å². The zero-order valence-corrected chi connectivity index (χ0v) is 19.9. The summed E-state index contributed by atoms with van der Waals surface area (Å²) in [6.45, 7) is 4.55. The molecule has 0 unspecified atom stereocenters. The molecule has 1 amide bonds. The monoisotopic (exact) mass is 459 g/mol. The summed E-state index contributed by atoms with van der Waals surface area (Å²) >= 11 is 0. The normalized spacial score (nSPS) is 19.1. The van der Waals surface area contributed by atoms with Crippen LogP contribution in [0.1, 0.15) is 35.2 Å². The highest BCUT2D eigenvalue weighted by atomic mass is 16.5. The molecule has 0 N–H and O–H groups in total. The van der Waals surface area contributed by atoms with Crippen molar-refractivity contribution < 1.29 is 14.3 Å². The SMILES string of the molecule is COc1ccc(N2CCCCC2)cc1C(=O)N1CCOC[C@@H](Cc2ccc3ccncc3c2)C1. The first-order valence-corrected chi connectivity index (χ1v) is 12.3. The summed E-state index contributed by atoms with van der Waals surface area (Å²) in [5, 5.41) is 2.33. The fourth-order valence-electron chi connectivity index (χ4n) is 5.17. The number of pyridine rings is 1. The number of benzene rings is 2. The Bertz CT molecular complexity index is 1140. The molecule has 34 heavy (non-hydrogen) atoms. The van der Waals surface area contributed by atoms with Gasteiger partial charge in [-0.25, -0.2) is 0 Å². The molecule has 2 aliphatic heterocycles. The van der Waals surface area contributed by atoms with E-state index in [-0.39, 0.29) is 11.8 Å². The molecule has 2 aliphatic rings. The number of fused-ring (bicyclic) bond motifs is 1. The summed E-state index contributed by atoms with van der Waals surface area (Å²) in [7, 11) is 1.63. The number of carbonyl (C=O) groups excluding carboxylic acids is 1. The number of amides is 1. The standard InChI is InChI=1S/C28H33N3O3/c1-33-27-8-7-25(30-11-3-2-4-12-30)17-26(27)28(32)31-13-14-34-20-22(19-31)15-21-5-6-23-9-10-29-18-24(23)16-21/h5-10,16-18,22H,2-4,11-15,19-20H2,1H3/t22-/m0/s1. The average Bonchev–Trinajstić information content (AvgIpc) is 3.14. The van der Waals surface area contributed by atoms with Crippen molar-refractivity contribution in [1.82, 2.24) is 9.88 Å². The average molecular weight is 460 g/mol. The van der Waals surface area contributed by atoms with Gasteiger partial charge in [-0.05, 0) is 67.0 Å². The number of ether oxygens (including phenoxy) is 2. The molecule has 0 aliphatic carbocycles. The van der Waals surface area contributed by atoms with Crippen LogP contribution in [0.3, 0.4) is 0 Å². The van der Waals surface area contributed by atoms with E-state index in [1.54, 1.807) is 7.11 Å². The Labute approximate surface area is 201 Å². The molecule has 1 aromatic heterocycles. The van der Waals surface area contributed by atoms with E-state index in [4.69, 9.17) is 9.47 Å². The third-order valence-corrected chi connectivity index (χ3v) is 6.99. The van der Waals surface area contributed by atoms with Crippen molar-refractivity contribution in [3.8, 4) is 5.75 Å². The van der Waals surface area contributed by atoms with Crippen molar-refractivity contribution in [1.29, 1.82) is 0 Å².